The molecule has 2 N–H and O–H groups in total. The van der Waals surface area contributed by atoms with Crippen molar-refractivity contribution in [2.24, 2.45) is 5.92 Å². The standard InChI is InChI=1S/C8H8F3N3O3/c9-8(10,11)3-1-2-4-12-13-7(17)14(4)5(3)6(15)16/h3,5H,1-2H2,(H,13,17)(H,15,16). The first-order chi connectivity index (χ1) is 7.82. The normalized spacial score (nSPS) is 24.4. The van der Waals surface area contributed by atoms with Crippen molar-refractivity contribution in [1.82, 2.24) is 14.8 Å². The smallest absolute Gasteiger partial charge is 0.394 e. The lowest BCUT2D eigenvalue weighted by atomic mass is 9.90. The third-order valence-corrected chi connectivity index (χ3v) is 2.79. The molecule has 0 saturated heterocycles. The van der Waals surface area contributed by atoms with Crippen LogP contribution in [0.5, 0.6) is 0 Å². The van der Waals surface area contributed by atoms with Crippen LogP contribution in [0, 0.1) is 5.92 Å². The molecule has 2 atom stereocenters. The number of rotatable bonds is 1. The Morgan fingerprint density at radius 1 is 1.53 bits per heavy atom. The fourth-order valence-corrected chi connectivity index (χ4v) is 2.05. The lowest BCUT2D eigenvalue weighted by molar-refractivity contribution is -0.198. The number of carboxylic acids is 1. The Morgan fingerprint density at radius 2 is 2.18 bits per heavy atom. The van der Waals surface area contributed by atoms with Crippen LogP contribution in [-0.4, -0.2) is 32.0 Å². The molecule has 2 unspecified atom stereocenters. The van der Waals surface area contributed by atoms with E-state index >= 15 is 0 Å². The SMILES string of the molecule is O=C(O)C1C(C(F)(F)F)CCc2n[nH]c(=O)n21. The highest BCUT2D eigenvalue weighted by Gasteiger charge is 2.51. The number of nitrogens with one attached hydrogen (secondary N) is 1. The van der Waals surface area contributed by atoms with Gasteiger partial charge in [0.05, 0.1) is 5.92 Å². The van der Waals surface area contributed by atoms with Crippen molar-refractivity contribution >= 4 is 5.97 Å². The summed E-state index contributed by atoms with van der Waals surface area (Å²) < 4.78 is 38.6. The number of aliphatic carboxylic acids is 1. The number of halogens is 3. The fraction of sp³-hybridized carbons (Fsp3) is 0.625. The Hall–Kier alpha value is -1.80. The Balaban J connectivity index is 2.54. The molecule has 94 valence electrons. The summed E-state index contributed by atoms with van der Waals surface area (Å²) in [7, 11) is 0. The minimum Gasteiger partial charge on any atom is -0.480 e. The molecule has 9 heteroatoms. The van der Waals surface area contributed by atoms with E-state index in [1.807, 2.05) is 5.10 Å². The van der Waals surface area contributed by atoms with Crippen molar-refractivity contribution in [3.8, 4) is 0 Å². The second-order valence-corrected chi connectivity index (χ2v) is 3.78. The summed E-state index contributed by atoms with van der Waals surface area (Å²) in [6.45, 7) is 0. The molecule has 1 aliphatic heterocycles. The van der Waals surface area contributed by atoms with Gasteiger partial charge in [0.1, 0.15) is 11.9 Å². The number of aromatic amines is 1. The van der Waals surface area contributed by atoms with Gasteiger partial charge in [0.2, 0.25) is 0 Å². The lowest BCUT2D eigenvalue weighted by Crippen LogP contribution is -2.44. The number of aromatic nitrogens is 3. The lowest BCUT2D eigenvalue weighted by Gasteiger charge is -2.30. The molecule has 1 aliphatic rings. The quantitative estimate of drug-likeness (QED) is 0.752. The highest BCUT2D eigenvalue weighted by atomic mass is 19.4. The molecule has 0 radical (unpaired) electrons. The average Bonchev–Trinajstić information content (AvgIpc) is 2.58. The Morgan fingerprint density at radius 3 is 2.71 bits per heavy atom. The highest BCUT2D eigenvalue weighted by Crippen LogP contribution is 2.40. The number of hydrogen-bond donors (Lipinski definition) is 2. The fourth-order valence-electron chi connectivity index (χ4n) is 2.05. The third kappa shape index (κ3) is 1.81. The van der Waals surface area contributed by atoms with E-state index in [-0.39, 0.29) is 18.7 Å². The van der Waals surface area contributed by atoms with Gasteiger partial charge < -0.3 is 5.11 Å². The monoisotopic (exact) mass is 251 g/mol. The maximum absolute atomic E-state index is 12.7. The summed E-state index contributed by atoms with van der Waals surface area (Å²) >= 11 is 0. The molecular weight excluding hydrogens is 243 g/mol. The van der Waals surface area contributed by atoms with E-state index in [9.17, 15) is 22.8 Å². The van der Waals surface area contributed by atoms with Crippen LogP contribution in [0.25, 0.3) is 0 Å². The minimum absolute atomic E-state index is 0.0444. The molecule has 0 aromatic carbocycles. The van der Waals surface area contributed by atoms with Gasteiger partial charge in [0, 0.05) is 6.42 Å². The molecule has 2 rings (SSSR count). The van der Waals surface area contributed by atoms with Gasteiger partial charge in [0.15, 0.2) is 0 Å². The number of nitrogens with zero attached hydrogens (tertiary/aromatic N) is 2. The molecule has 0 bridgehead atoms. The summed E-state index contributed by atoms with van der Waals surface area (Å²) in [5.74, 6) is -3.71. The van der Waals surface area contributed by atoms with E-state index in [0.29, 0.717) is 4.57 Å². The molecule has 0 fully saturated rings. The van der Waals surface area contributed by atoms with Crippen LogP contribution in [0.15, 0.2) is 4.79 Å². The van der Waals surface area contributed by atoms with Crippen LogP contribution in [0.4, 0.5) is 13.2 Å². The number of fused-ring (bicyclic) bond motifs is 1. The third-order valence-electron chi connectivity index (χ3n) is 2.79. The number of carbonyl (C=O) groups is 1. The van der Waals surface area contributed by atoms with Crippen LogP contribution in [0.3, 0.4) is 0 Å². The van der Waals surface area contributed by atoms with E-state index in [1.165, 1.54) is 0 Å². The molecule has 0 aliphatic carbocycles. The summed E-state index contributed by atoms with van der Waals surface area (Å²) in [4.78, 5) is 22.2. The van der Waals surface area contributed by atoms with Crippen molar-refractivity contribution < 1.29 is 23.1 Å². The summed E-state index contributed by atoms with van der Waals surface area (Å²) in [5.41, 5.74) is -0.929. The van der Waals surface area contributed by atoms with Crippen LogP contribution in [0.1, 0.15) is 18.3 Å². The zero-order valence-electron chi connectivity index (χ0n) is 8.36. The van der Waals surface area contributed by atoms with Gasteiger partial charge in [-0.1, -0.05) is 0 Å². The van der Waals surface area contributed by atoms with E-state index in [2.05, 4.69) is 5.10 Å². The van der Waals surface area contributed by atoms with E-state index in [0.717, 1.165) is 0 Å². The molecule has 1 aromatic heterocycles. The van der Waals surface area contributed by atoms with Gasteiger partial charge in [-0.05, 0) is 6.42 Å². The second-order valence-electron chi connectivity index (χ2n) is 3.78. The molecule has 6 nitrogen and oxygen atoms in total. The van der Waals surface area contributed by atoms with Gasteiger partial charge in [-0.2, -0.15) is 18.3 Å². The first kappa shape index (κ1) is 11.7. The molecule has 0 spiro atoms. The van der Waals surface area contributed by atoms with Crippen LogP contribution in [-0.2, 0) is 11.2 Å². The summed E-state index contributed by atoms with van der Waals surface area (Å²) in [5, 5.41) is 14.3. The number of carboxylic acid groups (broad SMARTS) is 1. The van der Waals surface area contributed by atoms with Crippen molar-refractivity contribution in [3.05, 3.63) is 16.3 Å². The average molecular weight is 251 g/mol. The van der Waals surface area contributed by atoms with Crippen molar-refractivity contribution in [2.75, 3.05) is 0 Å². The van der Waals surface area contributed by atoms with Crippen LogP contribution in [0.2, 0.25) is 0 Å². The Labute approximate surface area is 92.1 Å². The zero-order chi connectivity index (χ0) is 12.8. The maximum Gasteiger partial charge on any atom is 0.394 e. The first-order valence-electron chi connectivity index (χ1n) is 4.77. The minimum atomic E-state index is -4.66. The Bertz CT molecular complexity index is 504. The number of H-pyrrole nitrogens is 1. The molecule has 1 aromatic rings. The number of alkyl halides is 3. The van der Waals surface area contributed by atoms with E-state index < -0.39 is 29.8 Å². The first-order valence-corrected chi connectivity index (χ1v) is 4.77. The highest BCUT2D eigenvalue weighted by molar-refractivity contribution is 5.72. The molecule has 0 saturated carbocycles. The second kappa shape index (κ2) is 3.60. The van der Waals surface area contributed by atoms with Gasteiger partial charge >= 0.3 is 17.8 Å². The van der Waals surface area contributed by atoms with E-state index in [1.54, 1.807) is 0 Å². The zero-order valence-corrected chi connectivity index (χ0v) is 8.36. The van der Waals surface area contributed by atoms with Gasteiger partial charge in [-0.15, -0.1) is 0 Å². The van der Waals surface area contributed by atoms with Crippen LogP contribution >= 0.6 is 0 Å². The number of hydrogen-bond acceptors (Lipinski definition) is 3. The number of aryl methyl sites for hydroxylation is 1. The van der Waals surface area contributed by atoms with E-state index in [4.69, 9.17) is 5.11 Å². The van der Waals surface area contributed by atoms with Crippen LogP contribution < -0.4 is 5.69 Å². The van der Waals surface area contributed by atoms with Gasteiger partial charge in [0.25, 0.3) is 0 Å². The van der Waals surface area contributed by atoms with Crippen molar-refractivity contribution in [2.45, 2.75) is 25.1 Å². The van der Waals surface area contributed by atoms with Gasteiger partial charge in [-0.25, -0.2) is 14.7 Å². The topological polar surface area (TPSA) is 88.0 Å². The van der Waals surface area contributed by atoms with Crippen molar-refractivity contribution in [3.63, 3.8) is 0 Å². The molecular formula is C8H8F3N3O3. The molecule has 17 heavy (non-hydrogen) atoms. The molecule has 2 heterocycles. The van der Waals surface area contributed by atoms with Crippen molar-refractivity contribution in [1.29, 1.82) is 0 Å². The Kier molecular flexibility index (Phi) is 2.48. The predicted molar refractivity (Wildman–Crippen MR) is 47.4 cm³/mol. The largest absolute Gasteiger partial charge is 0.480 e. The predicted octanol–water partition coefficient (Wildman–Crippen LogP) is 0.322. The maximum atomic E-state index is 12.7. The van der Waals surface area contributed by atoms with Gasteiger partial charge in [-0.3, -0.25) is 4.57 Å². The summed E-state index contributed by atoms with van der Waals surface area (Å²) in [6.07, 6.45) is -5.12. The molecule has 0 amide bonds. The summed E-state index contributed by atoms with van der Waals surface area (Å²) in [6, 6.07) is -1.94.